The monoisotopic (exact) mass is 533 g/mol. The third-order valence-corrected chi connectivity index (χ3v) is 7.04. The van der Waals surface area contributed by atoms with Gasteiger partial charge >= 0.3 is 0 Å². The summed E-state index contributed by atoms with van der Waals surface area (Å²) in [4.78, 5) is 30.5. The molecule has 39 heavy (non-hydrogen) atoms. The number of H-pyrrole nitrogens is 1. The van der Waals surface area contributed by atoms with Crippen LogP contribution < -0.4 is 15.4 Å². The van der Waals surface area contributed by atoms with Crippen molar-refractivity contribution in [1.29, 1.82) is 0 Å². The maximum absolute atomic E-state index is 13.4. The zero-order valence-corrected chi connectivity index (χ0v) is 23.0. The van der Waals surface area contributed by atoms with Gasteiger partial charge in [0, 0.05) is 63.7 Å². The van der Waals surface area contributed by atoms with Gasteiger partial charge in [0.05, 0.1) is 36.8 Å². The zero-order chi connectivity index (χ0) is 27.5. The average Bonchev–Trinajstić information content (AvgIpc) is 3.52. The number of fused-ring (bicyclic) bond motifs is 1. The van der Waals surface area contributed by atoms with E-state index in [0.717, 1.165) is 53.9 Å². The van der Waals surface area contributed by atoms with Gasteiger partial charge in [-0.25, -0.2) is 9.97 Å². The van der Waals surface area contributed by atoms with Crippen LogP contribution in [0.3, 0.4) is 0 Å². The highest BCUT2D eigenvalue weighted by molar-refractivity contribution is 6.06. The predicted molar refractivity (Wildman–Crippen MR) is 150 cm³/mol. The number of aromatic nitrogens is 5. The summed E-state index contributed by atoms with van der Waals surface area (Å²) >= 11 is 0. The number of hydrogen-bond acceptors (Lipinski definition) is 9. The molecule has 1 aromatic carbocycles. The van der Waals surface area contributed by atoms with Crippen molar-refractivity contribution in [2.24, 2.45) is 7.05 Å². The normalized spacial score (nSPS) is 15.4. The SMILES string of the molecule is COC[C@H](C(=O)Nc1cccc2c(-c3nc(Nc4cn(C)nc4OC)ncc3C)c[nH]c12)N1CCN(C)CC1. The molecule has 4 aromatic rings. The van der Waals surface area contributed by atoms with Crippen LogP contribution in [0.4, 0.5) is 17.3 Å². The van der Waals surface area contributed by atoms with E-state index in [9.17, 15) is 4.79 Å². The van der Waals surface area contributed by atoms with Crippen LogP contribution in [0, 0.1) is 6.92 Å². The third kappa shape index (κ3) is 5.58. The molecule has 206 valence electrons. The molecule has 1 atom stereocenters. The summed E-state index contributed by atoms with van der Waals surface area (Å²) in [5.74, 6) is 0.800. The van der Waals surface area contributed by atoms with Crippen molar-refractivity contribution in [3.8, 4) is 17.1 Å². The second kappa shape index (κ2) is 11.4. The Balaban J connectivity index is 1.42. The Kier molecular flexibility index (Phi) is 7.77. The molecule has 1 saturated heterocycles. The molecule has 0 saturated carbocycles. The number of ether oxygens (including phenoxy) is 2. The minimum absolute atomic E-state index is 0.0832. The van der Waals surface area contributed by atoms with Crippen LogP contribution >= 0.6 is 0 Å². The number of benzene rings is 1. The molecule has 4 heterocycles. The van der Waals surface area contributed by atoms with Gasteiger partial charge in [-0.3, -0.25) is 14.4 Å². The van der Waals surface area contributed by atoms with Gasteiger partial charge in [-0.2, -0.15) is 0 Å². The molecule has 0 radical (unpaired) electrons. The predicted octanol–water partition coefficient (Wildman–Crippen LogP) is 2.62. The Morgan fingerprint density at radius 2 is 1.95 bits per heavy atom. The summed E-state index contributed by atoms with van der Waals surface area (Å²) in [7, 11) is 7.12. The number of amides is 1. The number of likely N-dealkylation sites (N-methyl/N-ethyl adjacent to an activating group) is 1. The van der Waals surface area contributed by atoms with Crippen LogP contribution in [0.25, 0.3) is 22.2 Å². The lowest BCUT2D eigenvalue weighted by atomic mass is 10.1. The van der Waals surface area contributed by atoms with Gasteiger partial charge in [0.15, 0.2) is 0 Å². The summed E-state index contributed by atoms with van der Waals surface area (Å²) in [5.41, 5.74) is 4.82. The van der Waals surface area contributed by atoms with Gasteiger partial charge in [0.25, 0.3) is 5.88 Å². The number of nitrogens with zero attached hydrogens (tertiary/aromatic N) is 6. The molecule has 12 nitrogen and oxygen atoms in total. The van der Waals surface area contributed by atoms with E-state index in [1.807, 2.05) is 38.4 Å². The molecular formula is C27H35N9O3. The van der Waals surface area contributed by atoms with Gasteiger partial charge in [-0.05, 0) is 25.6 Å². The molecule has 0 spiro atoms. The molecule has 12 heteroatoms. The number of nitrogens with one attached hydrogen (secondary N) is 3. The van der Waals surface area contributed by atoms with E-state index in [-0.39, 0.29) is 11.9 Å². The Morgan fingerprint density at radius 3 is 2.69 bits per heavy atom. The second-order valence-corrected chi connectivity index (χ2v) is 9.81. The first-order valence-electron chi connectivity index (χ1n) is 12.9. The first-order chi connectivity index (χ1) is 18.9. The Bertz CT molecular complexity index is 1460. The smallest absolute Gasteiger partial charge is 0.256 e. The van der Waals surface area contributed by atoms with Crippen molar-refractivity contribution in [3.05, 3.63) is 42.4 Å². The number of anilines is 3. The summed E-state index contributed by atoms with van der Waals surface area (Å²) in [6.07, 6.45) is 5.50. The van der Waals surface area contributed by atoms with Crippen LogP contribution in [-0.2, 0) is 16.6 Å². The maximum Gasteiger partial charge on any atom is 0.256 e. The molecule has 3 N–H and O–H groups in total. The molecule has 1 aliphatic rings. The Labute approximate surface area is 227 Å². The third-order valence-electron chi connectivity index (χ3n) is 7.04. The molecule has 1 fully saturated rings. The fourth-order valence-corrected chi connectivity index (χ4v) is 4.91. The van der Waals surface area contributed by atoms with E-state index < -0.39 is 0 Å². The lowest BCUT2D eigenvalue weighted by molar-refractivity contribution is -0.124. The highest BCUT2D eigenvalue weighted by Gasteiger charge is 2.29. The number of methoxy groups -OCH3 is 2. The van der Waals surface area contributed by atoms with Gasteiger partial charge in [0.2, 0.25) is 11.9 Å². The number of aromatic amines is 1. The van der Waals surface area contributed by atoms with Crippen molar-refractivity contribution in [2.45, 2.75) is 13.0 Å². The molecule has 0 bridgehead atoms. The van der Waals surface area contributed by atoms with Crippen molar-refractivity contribution in [3.63, 3.8) is 0 Å². The van der Waals surface area contributed by atoms with Crippen LogP contribution in [0.15, 0.2) is 36.8 Å². The van der Waals surface area contributed by atoms with E-state index >= 15 is 0 Å². The van der Waals surface area contributed by atoms with E-state index in [0.29, 0.717) is 29.8 Å². The number of aryl methyl sites for hydroxylation is 2. The number of para-hydroxylation sites is 1. The van der Waals surface area contributed by atoms with E-state index in [1.54, 1.807) is 31.3 Å². The minimum atomic E-state index is -0.365. The van der Waals surface area contributed by atoms with Gasteiger partial charge in [-0.15, -0.1) is 5.10 Å². The van der Waals surface area contributed by atoms with Crippen LogP contribution in [0.2, 0.25) is 0 Å². The fourth-order valence-electron chi connectivity index (χ4n) is 4.91. The van der Waals surface area contributed by atoms with Gasteiger partial charge < -0.3 is 30.0 Å². The van der Waals surface area contributed by atoms with Crippen LogP contribution in [0.1, 0.15) is 5.56 Å². The largest absolute Gasteiger partial charge is 0.478 e. The Hall–Kier alpha value is -4.00. The molecular weight excluding hydrogens is 498 g/mol. The highest BCUT2D eigenvalue weighted by atomic mass is 16.5. The summed E-state index contributed by atoms with van der Waals surface area (Å²) < 4.78 is 12.4. The van der Waals surface area contributed by atoms with E-state index in [2.05, 4.69) is 42.5 Å². The maximum atomic E-state index is 13.4. The topological polar surface area (TPSA) is 125 Å². The number of piperazine rings is 1. The molecule has 0 unspecified atom stereocenters. The molecule has 0 aliphatic carbocycles. The van der Waals surface area contributed by atoms with E-state index in [4.69, 9.17) is 14.5 Å². The highest BCUT2D eigenvalue weighted by Crippen LogP contribution is 2.34. The van der Waals surface area contributed by atoms with Crippen molar-refractivity contribution < 1.29 is 14.3 Å². The lowest BCUT2D eigenvalue weighted by Gasteiger charge is -2.36. The van der Waals surface area contributed by atoms with E-state index in [1.165, 1.54) is 0 Å². The van der Waals surface area contributed by atoms with Crippen LogP contribution in [0.5, 0.6) is 5.88 Å². The summed E-state index contributed by atoms with van der Waals surface area (Å²) in [6.45, 7) is 5.79. The zero-order valence-electron chi connectivity index (χ0n) is 23.0. The Morgan fingerprint density at radius 1 is 1.15 bits per heavy atom. The van der Waals surface area contributed by atoms with Crippen molar-refractivity contribution >= 4 is 34.1 Å². The molecule has 1 aliphatic heterocycles. The second-order valence-electron chi connectivity index (χ2n) is 9.81. The first kappa shape index (κ1) is 26.6. The average molecular weight is 534 g/mol. The molecule has 5 rings (SSSR count). The molecule has 1 amide bonds. The van der Waals surface area contributed by atoms with Gasteiger partial charge in [0.1, 0.15) is 11.7 Å². The number of carbonyl (C=O) groups is 1. The number of carbonyl (C=O) groups excluding carboxylic acids is 1. The fraction of sp³-hybridized carbons (Fsp3) is 0.407. The first-order valence-corrected chi connectivity index (χ1v) is 12.9. The summed E-state index contributed by atoms with van der Waals surface area (Å²) in [6, 6.07) is 5.49. The van der Waals surface area contributed by atoms with Crippen molar-refractivity contribution in [2.75, 3.05) is 64.7 Å². The lowest BCUT2D eigenvalue weighted by Crippen LogP contribution is -2.54. The van der Waals surface area contributed by atoms with Gasteiger partial charge in [-0.1, -0.05) is 12.1 Å². The quantitative estimate of drug-likeness (QED) is 0.298. The summed E-state index contributed by atoms with van der Waals surface area (Å²) in [5, 5.41) is 11.6. The van der Waals surface area contributed by atoms with Crippen molar-refractivity contribution in [1.82, 2.24) is 34.5 Å². The van der Waals surface area contributed by atoms with Crippen LogP contribution in [-0.4, -0.2) is 101 Å². The minimum Gasteiger partial charge on any atom is -0.478 e. The molecule has 3 aromatic heterocycles. The standard InChI is InChI=1S/C27H35N9O3/c1-17-13-29-27(31-21-15-35(3)33-26(21)39-5)32-23(17)19-14-28-24-18(19)7-6-8-20(24)30-25(37)22(16-38-4)36-11-9-34(2)10-12-36/h6-8,13-15,22,28H,9-12,16H2,1-5H3,(H,30,37)(H,29,31,32)/t22-/m1/s1. The number of hydrogen-bond donors (Lipinski definition) is 3. The number of rotatable bonds is 9.